The second-order valence-electron chi connectivity index (χ2n) is 6.20. The molecular formula is C15H22ClNO3S. The highest BCUT2D eigenvalue weighted by Gasteiger charge is 2.41. The summed E-state index contributed by atoms with van der Waals surface area (Å²) in [6.07, 6.45) is -0.159. The molecule has 0 amide bonds. The van der Waals surface area contributed by atoms with E-state index in [4.69, 9.17) is 11.6 Å². The number of sulfonamides is 1. The molecule has 6 heteroatoms. The van der Waals surface area contributed by atoms with Crippen LogP contribution in [0.3, 0.4) is 0 Å². The monoisotopic (exact) mass is 331 g/mol. The SMILES string of the molecule is Cc1ccc(S(=O)(=O)N2CC[C@@H](O)[C@@H](C(C)(C)Cl)C2)cc1. The molecule has 0 aromatic heterocycles. The third-order valence-electron chi connectivity index (χ3n) is 4.08. The van der Waals surface area contributed by atoms with Crippen LogP contribution in [0.15, 0.2) is 29.2 Å². The van der Waals surface area contributed by atoms with Crippen LogP contribution in [0.2, 0.25) is 0 Å². The van der Waals surface area contributed by atoms with E-state index >= 15 is 0 Å². The number of nitrogens with zero attached hydrogens (tertiary/aromatic N) is 1. The quantitative estimate of drug-likeness (QED) is 0.865. The Balaban J connectivity index is 2.27. The summed E-state index contributed by atoms with van der Waals surface area (Å²) in [6.45, 7) is 6.10. The lowest BCUT2D eigenvalue weighted by Gasteiger charge is -2.40. The zero-order valence-electron chi connectivity index (χ0n) is 12.6. The zero-order chi connectivity index (χ0) is 15.8. The van der Waals surface area contributed by atoms with Crippen LogP contribution in [-0.2, 0) is 10.0 Å². The summed E-state index contributed by atoms with van der Waals surface area (Å²) in [6, 6.07) is 6.82. The van der Waals surface area contributed by atoms with Gasteiger partial charge in [0, 0.05) is 23.9 Å². The number of aliphatic hydroxyl groups excluding tert-OH is 1. The van der Waals surface area contributed by atoms with E-state index in [1.54, 1.807) is 24.3 Å². The smallest absolute Gasteiger partial charge is 0.243 e. The Kier molecular flexibility index (Phi) is 4.69. The molecule has 1 aliphatic rings. The number of aryl methyl sites for hydroxylation is 1. The molecule has 0 bridgehead atoms. The van der Waals surface area contributed by atoms with Crippen LogP contribution in [0.4, 0.5) is 0 Å². The van der Waals surface area contributed by atoms with Gasteiger partial charge in [0.15, 0.2) is 0 Å². The third kappa shape index (κ3) is 3.59. The van der Waals surface area contributed by atoms with Crippen LogP contribution in [0, 0.1) is 12.8 Å². The van der Waals surface area contributed by atoms with E-state index in [0.717, 1.165) is 5.56 Å². The lowest BCUT2D eigenvalue weighted by molar-refractivity contribution is 0.0380. The summed E-state index contributed by atoms with van der Waals surface area (Å²) in [7, 11) is -3.53. The van der Waals surface area contributed by atoms with Crippen LogP contribution >= 0.6 is 11.6 Å². The number of hydrogen-bond donors (Lipinski definition) is 1. The maximum Gasteiger partial charge on any atom is 0.243 e. The van der Waals surface area contributed by atoms with Gasteiger partial charge in [0.05, 0.1) is 11.0 Å². The van der Waals surface area contributed by atoms with Gasteiger partial charge in [-0.2, -0.15) is 4.31 Å². The van der Waals surface area contributed by atoms with Crippen molar-refractivity contribution in [2.24, 2.45) is 5.92 Å². The fourth-order valence-corrected chi connectivity index (χ4v) is 4.36. The minimum Gasteiger partial charge on any atom is -0.393 e. The summed E-state index contributed by atoms with van der Waals surface area (Å²) in [5, 5.41) is 10.1. The second kappa shape index (κ2) is 5.88. The predicted molar refractivity (Wildman–Crippen MR) is 84.0 cm³/mol. The van der Waals surface area contributed by atoms with Crippen molar-refractivity contribution in [3.8, 4) is 0 Å². The number of alkyl halides is 1. The lowest BCUT2D eigenvalue weighted by atomic mass is 9.85. The molecule has 0 unspecified atom stereocenters. The minimum atomic E-state index is -3.53. The molecule has 21 heavy (non-hydrogen) atoms. The molecule has 0 spiro atoms. The molecular weight excluding hydrogens is 310 g/mol. The van der Waals surface area contributed by atoms with Crippen molar-refractivity contribution in [1.29, 1.82) is 0 Å². The molecule has 1 aromatic carbocycles. The van der Waals surface area contributed by atoms with E-state index in [2.05, 4.69) is 0 Å². The highest BCUT2D eigenvalue weighted by Crippen LogP contribution is 2.34. The van der Waals surface area contributed by atoms with E-state index in [-0.39, 0.29) is 17.4 Å². The molecule has 0 aliphatic carbocycles. The Labute approximate surface area is 131 Å². The Hall–Kier alpha value is -0.620. The highest BCUT2D eigenvalue weighted by molar-refractivity contribution is 7.89. The fourth-order valence-electron chi connectivity index (χ4n) is 2.66. The topological polar surface area (TPSA) is 57.6 Å². The van der Waals surface area contributed by atoms with Gasteiger partial charge in [-0.15, -0.1) is 11.6 Å². The summed E-state index contributed by atoms with van der Waals surface area (Å²) in [4.78, 5) is -0.364. The van der Waals surface area contributed by atoms with Crippen LogP contribution in [-0.4, -0.2) is 41.9 Å². The van der Waals surface area contributed by atoms with Crippen LogP contribution in [0.1, 0.15) is 25.8 Å². The first kappa shape index (κ1) is 16.7. The number of aliphatic hydroxyl groups is 1. The van der Waals surface area contributed by atoms with Gasteiger partial charge in [-0.3, -0.25) is 0 Å². The summed E-state index contributed by atoms with van der Waals surface area (Å²) < 4.78 is 26.8. The Morgan fingerprint density at radius 3 is 2.38 bits per heavy atom. The van der Waals surface area contributed by atoms with Gasteiger partial charge in [0.1, 0.15) is 0 Å². The molecule has 1 fully saturated rings. The molecule has 0 radical (unpaired) electrons. The number of rotatable bonds is 3. The van der Waals surface area contributed by atoms with Crippen LogP contribution in [0.5, 0.6) is 0 Å². The Morgan fingerprint density at radius 1 is 1.29 bits per heavy atom. The van der Waals surface area contributed by atoms with Crippen molar-refractivity contribution in [3.63, 3.8) is 0 Å². The third-order valence-corrected chi connectivity index (χ3v) is 6.24. The van der Waals surface area contributed by atoms with Gasteiger partial charge in [-0.05, 0) is 39.3 Å². The molecule has 4 nitrogen and oxygen atoms in total. The van der Waals surface area contributed by atoms with Crippen molar-refractivity contribution in [3.05, 3.63) is 29.8 Å². The van der Waals surface area contributed by atoms with Gasteiger partial charge >= 0.3 is 0 Å². The Morgan fingerprint density at radius 2 is 1.86 bits per heavy atom. The normalized spacial score (nSPS) is 25.0. The van der Waals surface area contributed by atoms with Gasteiger partial charge < -0.3 is 5.11 Å². The summed E-state index contributed by atoms with van der Waals surface area (Å²) >= 11 is 6.31. The maximum absolute atomic E-state index is 12.7. The minimum absolute atomic E-state index is 0.244. The first-order chi connectivity index (χ1) is 9.62. The van der Waals surface area contributed by atoms with E-state index in [1.165, 1.54) is 4.31 Å². The van der Waals surface area contributed by atoms with Crippen LogP contribution < -0.4 is 0 Å². The average molecular weight is 332 g/mol. The molecule has 118 valence electrons. The Bertz CT molecular complexity index is 592. The highest BCUT2D eigenvalue weighted by atomic mass is 35.5. The van der Waals surface area contributed by atoms with Crippen molar-refractivity contribution in [2.45, 2.75) is 43.1 Å². The van der Waals surface area contributed by atoms with Gasteiger partial charge in [-0.1, -0.05) is 17.7 Å². The van der Waals surface area contributed by atoms with Crippen molar-refractivity contribution in [1.82, 2.24) is 4.31 Å². The molecule has 1 N–H and O–H groups in total. The maximum atomic E-state index is 12.7. The summed E-state index contributed by atoms with van der Waals surface area (Å²) in [5.41, 5.74) is 1.02. The standard InChI is InChI=1S/C15H22ClNO3S/c1-11-4-6-12(7-5-11)21(19,20)17-9-8-14(18)13(10-17)15(2,3)16/h4-7,13-14,18H,8-10H2,1-3H3/t13-,14+/m0/s1. The number of piperidine rings is 1. The van der Waals surface area contributed by atoms with Crippen molar-refractivity contribution >= 4 is 21.6 Å². The number of hydrogen-bond acceptors (Lipinski definition) is 3. The fraction of sp³-hybridized carbons (Fsp3) is 0.600. The molecule has 1 heterocycles. The lowest BCUT2D eigenvalue weighted by Crippen LogP contribution is -2.51. The second-order valence-corrected chi connectivity index (χ2v) is 9.12. The largest absolute Gasteiger partial charge is 0.393 e. The first-order valence-electron chi connectivity index (χ1n) is 7.06. The average Bonchev–Trinajstić information content (AvgIpc) is 2.38. The van der Waals surface area contributed by atoms with Crippen LogP contribution in [0.25, 0.3) is 0 Å². The predicted octanol–water partition coefficient (Wildman–Crippen LogP) is 2.38. The molecule has 1 aliphatic heterocycles. The first-order valence-corrected chi connectivity index (χ1v) is 8.88. The molecule has 1 saturated heterocycles. The molecule has 1 aromatic rings. The molecule has 2 atom stereocenters. The van der Waals surface area contributed by atoms with E-state index in [9.17, 15) is 13.5 Å². The summed E-state index contributed by atoms with van der Waals surface area (Å²) in [5.74, 6) is -0.284. The van der Waals surface area contributed by atoms with Gasteiger partial charge in [0.25, 0.3) is 0 Å². The molecule has 0 saturated carbocycles. The van der Waals surface area contributed by atoms with E-state index < -0.39 is 21.0 Å². The van der Waals surface area contributed by atoms with Gasteiger partial charge in [0.2, 0.25) is 10.0 Å². The van der Waals surface area contributed by atoms with E-state index in [1.807, 2.05) is 20.8 Å². The molecule has 2 rings (SSSR count). The van der Waals surface area contributed by atoms with E-state index in [0.29, 0.717) is 13.0 Å². The number of halogens is 1. The van der Waals surface area contributed by atoms with Crippen molar-refractivity contribution < 1.29 is 13.5 Å². The number of benzene rings is 1. The zero-order valence-corrected chi connectivity index (χ0v) is 14.2. The van der Waals surface area contributed by atoms with Gasteiger partial charge in [-0.25, -0.2) is 8.42 Å². The van der Waals surface area contributed by atoms with Crippen molar-refractivity contribution in [2.75, 3.05) is 13.1 Å².